The molecule has 0 spiro atoms. The van der Waals surface area contributed by atoms with Gasteiger partial charge < -0.3 is 5.32 Å². The van der Waals surface area contributed by atoms with Crippen LogP contribution < -0.4 is 5.32 Å². The third-order valence-electron chi connectivity index (χ3n) is 3.94. The smallest absolute Gasteiger partial charge is 0.276 e. The Morgan fingerprint density at radius 2 is 2.04 bits per heavy atom. The van der Waals surface area contributed by atoms with Gasteiger partial charge in [-0.15, -0.1) is 0 Å². The molecule has 3 rings (SSSR count). The summed E-state index contributed by atoms with van der Waals surface area (Å²) in [6.45, 7) is 3.78. The molecule has 1 N–H and O–H groups in total. The first kappa shape index (κ1) is 17.4. The van der Waals surface area contributed by atoms with Crippen molar-refractivity contribution in [2.75, 3.05) is 5.32 Å². The lowest BCUT2D eigenvalue weighted by molar-refractivity contribution is 0.102. The van der Waals surface area contributed by atoms with Crippen molar-refractivity contribution in [2.24, 2.45) is 0 Å². The minimum Gasteiger partial charge on any atom is -0.321 e. The Hall–Kier alpha value is -3.46. The van der Waals surface area contributed by atoms with E-state index < -0.39 is 0 Å². The van der Waals surface area contributed by atoms with Crippen LogP contribution in [0.1, 0.15) is 41.4 Å². The summed E-state index contributed by atoms with van der Waals surface area (Å²) >= 11 is 0. The molecule has 130 valence electrons. The van der Waals surface area contributed by atoms with Gasteiger partial charge in [0, 0.05) is 11.9 Å². The molecule has 0 aliphatic rings. The Labute approximate surface area is 150 Å². The lowest BCUT2D eigenvalue weighted by Gasteiger charge is -2.10. The SMILES string of the molecule is CC(C)c1cc(NC(=O)c2ccn(-c3cccc(C#N)c3)n2)ccc1F. The molecule has 3 aromatic rings. The van der Waals surface area contributed by atoms with Crippen LogP contribution in [0.5, 0.6) is 0 Å². The van der Waals surface area contributed by atoms with Gasteiger partial charge in [0.1, 0.15) is 5.82 Å². The van der Waals surface area contributed by atoms with Gasteiger partial charge in [-0.05, 0) is 53.9 Å². The Morgan fingerprint density at radius 3 is 2.77 bits per heavy atom. The van der Waals surface area contributed by atoms with Crippen LogP contribution in [0.25, 0.3) is 5.69 Å². The molecule has 1 aromatic heterocycles. The summed E-state index contributed by atoms with van der Waals surface area (Å²) in [6.07, 6.45) is 1.65. The molecule has 0 fully saturated rings. The highest BCUT2D eigenvalue weighted by molar-refractivity contribution is 6.02. The fraction of sp³-hybridized carbons (Fsp3) is 0.150. The number of rotatable bonds is 4. The number of carbonyl (C=O) groups excluding carboxylic acids is 1. The van der Waals surface area contributed by atoms with Gasteiger partial charge in [0.2, 0.25) is 0 Å². The van der Waals surface area contributed by atoms with Crippen LogP contribution in [0.15, 0.2) is 54.7 Å². The largest absolute Gasteiger partial charge is 0.321 e. The number of aromatic nitrogens is 2. The number of nitrogens with zero attached hydrogens (tertiary/aromatic N) is 3. The Kier molecular flexibility index (Phi) is 4.81. The molecule has 0 aliphatic carbocycles. The minimum absolute atomic E-state index is 0.0125. The van der Waals surface area contributed by atoms with E-state index in [-0.39, 0.29) is 23.3 Å². The number of hydrogen-bond donors (Lipinski definition) is 1. The number of nitrogens with one attached hydrogen (secondary N) is 1. The summed E-state index contributed by atoms with van der Waals surface area (Å²) < 4.78 is 15.3. The van der Waals surface area contributed by atoms with Crippen molar-refractivity contribution in [3.8, 4) is 11.8 Å². The molecule has 1 amide bonds. The second kappa shape index (κ2) is 7.19. The van der Waals surface area contributed by atoms with E-state index in [1.807, 2.05) is 13.8 Å². The third kappa shape index (κ3) is 3.62. The maximum absolute atomic E-state index is 13.8. The fourth-order valence-corrected chi connectivity index (χ4v) is 2.57. The van der Waals surface area contributed by atoms with Gasteiger partial charge in [0.05, 0.1) is 17.3 Å². The summed E-state index contributed by atoms with van der Waals surface area (Å²) in [5.74, 6) is -0.667. The van der Waals surface area contributed by atoms with Gasteiger partial charge in [-0.2, -0.15) is 10.4 Å². The van der Waals surface area contributed by atoms with Crippen molar-refractivity contribution < 1.29 is 9.18 Å². The van der Waals surface area contributed by atoms with E-state index in [0.717, 1.165) is 0 Å². The number of nitriles is 1. The van der Waals surface area contributed by atoms with Crippen molar-refractivity contribution in [3.63, 3.8) is 0 Å². The van der Waals surface area contributed by atoms with Crippen molar-refractivity contribution in [1.82, 2.24) is 9.78 Å². The van der Waals surface area contributed by atoms with Crippen molar-refractivity contribution >= 4 is 11.6 Å². The normalized spacial score (nSPS) is 10.6. The predicted molar refractivity (Wildman–Crippen MR) is 96.7 cm³/mol. The number of benzene rings is 2. The lowest BCUT2D eigenvalue weighted by atomic mass is 10.0. The van der Waals surface area contributed by atoms with Crippen LogP contribution in [0.3, 0.4) is 0 Å². The van der Waals surface area contributed by atoms with E-state index in [1.165, 1.54) is 16.8 Å². The topological polar surface area (TPSA) is 70.7 Å². The van der Waals surface area contributed by atoms with E-state index in [2.05, 4.69) is 16.5 Å². The van der Waals surface area contributed by atoms with Crippen LogP contribution in [-0.2, 0) is 0 Å². The first-order valence-corrected chi connectivity index (χ1v) is 8.15. The van der Waals surface area contributed by atoms with E-state index in [4.69, 9.17) is 5.26 Å². The summed E-state index contributed by atoms with van der Waals surface area (Å²) in [6, 6.07) is 15.1. The average Bonchev–Trinajstić information content (AvgIpc) is 3.13. The standard InChI is InChI=1S/C20H17FN4O/c1-13(2)17-11-15(6-7-18(17)21)23-20(26)19-8-9-25(24-19)16-5-3-4-14(10-16)12-22/h3-11,13H,1-2H3,(H,23,26). The monoisotopic (exact) mass is 348 g/mol. The first-order chi connectivity index (χ1) is 12.5. The van der Waals surface area contributed by atoms with Gasteiger partial charge in [0.25, 0.3) is 5.91 Å². The van der Waals surface area contributed by atoms with Crippen LogP contribution in [-0.4, -0.2) is 15.7 Å². The van der Waals surface area contributed by atoms with Gasteiger partial charge in [-0.3, -0.25) is 4.79 Å². The Bertz CT molecular complexity index is 1000. The van der Waals surface area contributed by atoms with E-state index in [9.17, 15) is 9.18 Å². The van der Waals surface area contributed by atoms with Crippen molar-refractivity contribution in [2.45, 2.75) is 19.8 Å². The number of carbonyl (C=O) groups is 1. The molecule has 0 bridgehead atoms. The van der Waals surface area contributed by atoms with E-state index in [0.29, 0.717) is 22.5 Å². The second-order valence-electron chi connectivity index (χ2n) is 6.15. The molecule has 6 heteroatoms. The van der Waals surface area contributed by atoms with Gasteiger partial charge in [0.15, 0.2) is 5.69 Å². The molecule has 0 radical (unpaired) electrons. The number of halogens is 1. The summed E-state index contributed by atoms with van der Waals surface area (Å²) in [7, 11) is 0. The number of anilines is 1. The van der Waals surface area contributed by atoms with Gasteiger partial charge >= 0.3 is 0 Å². The third-order valence-corrected chi connectivity index (χ3v) is 3.94. The van der Waals surface area contributed by atoms with Crippen LogP contribution >= 0.6 is 0 Å². The van der Waals surface area contributed by atoms with Crippen molar-refractivity contribution in [3.05, 3.63) is 77.4 Å². The molecule has 5 nitrogen and oxygen atoms in total. The van der Waals surface area contributed by atoms with Gasteiger partial charge in [-0.25, -0.2) is 9.07 Å². The maximum atomic E-state index is 13.8. The summed E-state index contributed by atoms with van der Waals surface area (Å²) in [5, 5.41) is 16.0. The zero-order valence-corrected chi connectivity index (χ0v) is 14.4. The summed E-state index contributed by atoms with van der Waals surface area (Å²) in [4.78, 5) is 12.4. The molecule has 2 aromatic carbocycles. The van der Waals surface area contributed by atoms with E-state index >= 15 is 0 Å². The highest BCUT2D eigenvalue weighted by Crippen LogP contribution is 2.22. The highest BCUT2D eigenvalue weighted by Gasteiger charge is 2.13. The molecule has 0 atom stereocenters. The molecular weight excluding hydrogens is 331 g/mol. The molecule has 0 unspecified atom stereocenters. The summed E-state index contributed by atoms with van der Waals surface area (Å²) in [5.41, 5.74) is 2.48. The van der Waals surface area contributed by atoms with Crippen molar-refractivity contribution in [1.29, 1.82) is 5.26 Å². The average molecular weight is 348 g/mol. The Morgan fingerprint density at radius 1 is 1.23 bits per heavy atom. The quantitative estimate of drug-likeness (QED) is 0.766. The molecule has 0 saturated heterocycles. The molecule has 1 heterocycles. The second-order valence-corrected chi connectivity index (χ2v) is 6.15. The Balaban J connectivity index is 1.80. The van der Waals surface area contributed by atoms with Crippen LogP contribution in [0.4, 0.5) is 10.1 Å². The maximum Gasteiger partial charge on any atom is 0.276 e. The van der Waals surface area contributed by atoms with Gasteiger partial charge in [-0.1, -0.05) is 19.9 Å². The molecule has 0 saturated carbocycles. The van der Waals surface area contributed by atoms with Crippen LogP contribution in [0.2, 0.25) is 0 Å². The minimum atomic E-state index is -0.387. The van der Waals surface area contributed by atoms with Crippen LogP contribution in [0, 0.1) is 17.1 Å². The number of hydrogen-bond acceptors (Lipinski definition) is 3. The predicted octanol–water partition coefficient (Wildman–Crippen LogP) is 4.26. The zero-order valence-electron chi connectivity index (χ0n) is 14.4. The first-order valence-electron chi connectivity index (χ1n) is 8.15. The molecule has 26 heavy (non-hydrogen) atoms. The molecule has 0 aliphatic heterocycles. The fourth-order valence-electron chi connectivity index (χ4n) is 2.57. The lowest BCUT2D eigenvalue weighted by Crippen LogP contribution is -2.13. The zero-order chi connectivity index (χ0) is 18.7. The number of amides is 1. The molecular formula is C20H17FN4O. The van der Waals surface area contributed by atoms with E-state index in [1.54, 1.807) is 42.6 Å². The highest BCUT2D eigenvalue weighted by atomic mass is 19.1.